The molecule has 0 radical (unpaired) electrons. The lowest BCUT2D eigenvalue weighted by atomic mass is 10.1. The second kappa shape index (κ2) is 7.72. The number of rotatable bonds is 6. The number of hydrogen-bond acceptors (Lipinski definition) is 2. The summed E-state index contributed by atoms with van der Waals surface area (Å²) in [5.74, 6) is -0.718. The predicted octanol–water partition coefficient (Wildman–Crippen LogP) is 3.56. The Hall–Kier alpha value is -2.43. The Kier molecular flexibility index (Phi) is 5.68. The summed E-state index contributed by atoms with van der Waals surface area (Å²) in [6, 6.07) is 11.0. The van der Waals surface area contributed by atoms with Crippen LogP contribution in [0.15, 0.2) is 42.5 Å². The first kappa shape index (κ1) is 16.9. The van der Waals surface area contributed by atoms with E-state index in [1.807, 2.05) is 0 Å². The van der Waals surface area contributed by atoms with E-state index in [1.165, 1.54) is 30.2 Å². The van der Waals surface area contributed by atoms with Gasteiger partial charge in [0, 0.05) is 20.0 Å². The third-order valence-electron chi connectivity index (χ3n) is 3.63. The Morgan fingerprint density at radius 2 is 1.87 bits per heavy atom. The predicted molar refractivity (Wildman–Crippen MR) is 84.1 cm³/mol. The SMILES string of the molecule is COc1ccc(CN(C)C(=O)CCc2ccccc2F)cc1F. The van der Waals surface area contributed by atoms with E-state index in [0.717, 1.165) is 0 Å². The minimum absolute atomic E-state index is 0.121. The fourth-order valence-corrected chi connectivity index (χ4v) is 2.30. The molecule has 0 aliphatic rings. The van der Waals surface area contributed by atoms with E-state index < -0.39 is 5.82 Å². The van der Waals surface area contributed by atoms with Crippen molar-refractivity contribution in [1.82, 2.24) is 4.90 Å². The summed E-state index contributed by atoms with van der Waals surface area (Å²) in [6.07, 6.45) is 0.545. The second-order valence-electron chi connectivity index (χ2n) is 5.31. The first-order chi connectivity index (χ1) is 11.0. The normalized spacial score (nSPS) is 10.4. The Morgan fingerprint density at radius 3 is 2.52 bits per heavy atom. The molecule has 0 saturated carbocycles. The van der Waals surface area contributed by atoms with E-state index in [4.69, 9.17) is 4.74 Å². The van der Waals surface area contributed by atoms with Crippen LogP contribution >= 0.6 is 0 Å². The standard InChI is InChI=1S/C18H19F2NO2/c1-21(12-13-7-9-17(23-2)16(20)11-13)18(22)10-8-14-5-3-4-6-15(14)19/h3-7,9,11H,8,10,12H2,1-2H3. The van der Waals surface area contributed by atoms with Gasteiger partial charge in [-0.1, -0.05) is 24.3 Å². The zero-order chi connectivity index (χ0) is 16.8. The van der Waals surface area contributed by atoms with Gasteiger partial charge >= 0.3 is 0 Å². The smallest absolute Gasteiger partial charge is 0.222 e. The first-order valence-corrected chi connectivity index (χ1v) is 7.31. The van der Waals surface area contributed by atoms with Crippen molar-refractivity contribution in [2.24, 2.45) is 0 Å². The number of carbonyl (C=O) groups is 1. The van der Waals surface area contributed by atoms with Crippen molar-refractivity contribution in [1.29, 1.82) is 0 Å². The molecule has 2 aromatic carbocycles. The summed E-state index contributed by atoms with van der Waals surface area (Å²) in [5, 5.41) is 0. The fourth-order valence-electron chi connectivity index (χ4n) is 2.30. The summed E-state index contributed by atoms with van der Waals surface area (Å²) in [4.78, 5) is 13.6. The summed E-state index contributed by atoms with van der Waals surface area (Å²) in [7, 11) is 3.04. The van der Waals surface area contributed by atoms with Crippen LogP contribution in [-0.4, -0.2) is 25.0 Å². The molecule has 23 heavy (non-hydrogen) atoms. The summed E-state index contributed by atoms with van der Waals surface area (Å²) >= 11 is 0. The zero-order valence-electron chi connectivity index (χ0n) is 13.2. The summed E-state index contributed by atoms with van der Waals surface area (Å²) in [5.41, 5.74) is 1.19. The van der Waals surface area contributed by atoms with Crippen molar-refractivity contribution in [2.45, 2.75) is 19.4 Å². The molecule has 3 nitrogen and oxygen atoms in total. The van der Waals surface area contributed by atoms with Crippen LogP contribution in [-0.2, 0) is 17.8 Å². The van der Waals surface area contributed by atoms with Crippen molar-refractivity contribution in [3.63, 3.8) is 0 Å². The van der Waals surface area contributed by atoms with Gasteiger partial charge in [0.15, 0.2) is 11.6 Å². The minimum atomic E-state index is -0.461. The van der Waals surface area contributed by atoms with Gasteiger partial charge < -0.3 is 9.64 Å². The van der Waals surface area contributed by atoms with E-state index in [1.54, 1.807) is 31.3 Å². The molecule has 0 unspecified atom stereocenters. The second-order valence-corrected chi connectivity index (χ2v) is 5.31. The highest BCUT2D eigenvalue weighted by Gasteiger charge is 2.12. The van der Waals surface area contributed by atoms with Crippen LogP contribution in [0.4, 0.5) is 8.78 Å². The monoisotopic (exact) mass is 319 g/mol. The quantitative estimate of drug-likeness (QED) is 0.815. The fraction of sp³-hybridized carbons (Fsp3) is 0.278. The molecule has 0 spiro atoms. The lowest BCUT2D eigenvalue weighted by molar-refractivity contribution is -0.130. The topological polar surface area (TPSA) is 29.5 Å². The van der Waals surface area contributed by atoms with Crippen LogP contribution in [0.2, 0.25) is 0 Å². The van der Waals surface area contributed by atoms with Crippen LogP contribution in [0.1, 0.15) is 17.5 Å². The highest BCUT2D eigenvalue weighted by molar-refractivity contribution is 5.76. The average molecular weight is 319 g/mol. The van der Waals surface area contributed by atoms with Crippen molar-refractivity contribution in [3.8, 4) is 5.75 Å². The minimum Gasteiger partial charge on any atom is -0.494 e. The van der Waals surface area contributed by atoms with E-state index in [-0.39, 0.29) is 30.4 Å². The molecular formula is C18H19F2NO2. The Labute approximate surface area is 134 Å². The van der Waals surface area contributed by atoms with E-state index in [2.05, 4.69) is 0 Å². The number of nitrogens with zero attached hydrogens (tertiary/aromatic N) is 1. The van der Waals surface area contributed by atoms with Crippen LogP contribution in [0.5, 0.6) is 5.75 Å². The van der Waals surface area contributed by atoms with E-state index >= 15 is 0 Å². The maximum Gasteiger partial charge on any atom is 0.222 e. The van der Waals surface area contributed by atoms with Crippen molar-refractivity contribution in [2.75, 3.05) is 14.2 Å². The van der Waals surface area contributed by atoms with Crippen molar-refractivity contribution in [3.05, 3.63) is 65.2 Å². The third kappa shape index (κ3) is 4.52. The molecule has 0 saturated heterocycles. The first-order valence-electron chi connectivity index (χ1n) is 7.31. The number of aryl methyl sites for hydroxylation is 1. The Balaban J connectivity index is 1.92. The molecular weight excluding hydrogens is 300 g/mol. The van der Waals surface area contributed by atoms with E-state index in [9.17, 15) is 13.6 Å². The van der Waals surface area contributed by atoms with Crippen LogP contribution in [0, 0.1) is 11.6 Å². The van der Waals surface area contributed by atoms with Gasteiger partial charge in [-0.3, -0.25) is 4.79 Å². The van der Waals surface area contributed by atoms with Gasteiger partial charge in [-0.15, -0.1) is 0 Å². The van der Waals surface area contributed by atoms with Gasteiger partial charge in [-0.2, -0.15) is 0 Å². The number of benzene rings is 2. The third-order valence-corrected chi connectivity index (χ3v) is 3.63. The van der Waals surface area contributed by atoms with Crippen LogP contribution < -0.4 is 4.74 Å². The molecule has 122 valence electrons. The maximum absolute atomic E-state index is 13.6. The molecule has 2 rings (SSSR count). The van der Waals surface area contributed by atoms with Crippen LogP contribution in [0.25, 0.3) is 0 Å². The molecule has 5 heteroatoms. The number of carbonyl (C=O) groups excluding carboxylic acids is 1. The van der Waals surface area contributed by atoms with E-state index in [0.29, 0.717) is 17.5 Å². The lowest BCUT2D eigenvalue weighted by Crippen LogP contribution is -2.26. The van der Waals surface area contributed by atoms with Gasteiger partial charge in [-0.05, 0) is 35.7 Å². The molecule has 1 amide bonds. The molecule has 0 aliphatic heterocycles. The largest absolute Gasteiger partial charge is 0.494 e. The molecule has 0 aliphatic carbocycles. The number of hydrogen-bond donors (Lipinski definition) is 0. The van der Waals surface area contributed by atoms with Crippen molar-refractivity contribution >= 4 is 5.91 Å². The summed E-state index contributed by atoms with van der Waals surface area (Å²) in [6.45, 7) is 0.289. The lowest BCUT2D eigenvalue weighted by Gasteiger charge is -2.18. The number of amides is 1. The number of halogens is 2. The van der Waals surface area contributed by atoms with Gasteiger partial charge in [0.1, 0.15) is 5.82 Å². The van der Waals surface area contributed by atoms with Gasteiger partial charge in [0.05, 0.1) is 7.11 Å². The molecule has 0 N–H and O–H groups in total. The highest BCUT2D eigenvalue weighted by Crippen LogP contribution is 2.18. The van der Waals surface area contributed by atoms with Crippen LogP contribution in [0.3, 0.4) is 0 Å². The molecule has 0 bridgehead atoms. The molecule has 0 heterocycles. The average Bonchev–Trinajstić information content (AvgIpc) is 2.54. The van der Waals surface area contributed by atoms with Gasteiger partial charge in [0.25, 0.3) is 0 Å². The molecule has 0 fully saturated rings. The van der Waals surface area contributed by atoms with Crippen molar-refractivity contribution < 1.29 is 18.3 Å². The number of methoxy groups -OCH3 is 1. The van der Waals surface area contributed by atoms with Gasteiger partial charge in [-0.25, -0.2) is 8.78 Å². The molecule has 0 atom stereocenters. The molecule has 2 aromatic rings. The highest BCUT2D eigenvalue weighted by atomic mass is 19.1. The maximum atomic E-state index is 13.6. The Morgan fingerprint density at radius 1 is 1.13 bits per heavy atom. The van der Waals surface area contributed by atoms with Gasteiger partial charge in [0.2, 0.25) is 5.91 Å². The Bertz CT molecular complexity index is 688. The molecule has 0 aromatic heterocycles. The zero-order valence-corrected chi connectivity index (χ0v) is 13.2. The summed E-state index contributed by atoms with van der Waals surface area (Å²) < 4.78 is 32.0. The number of ether oxygens (including phenoxy) is 1.